The normalized spacial score (nSPS) is 15.8. The van der Waals surface area contributed by atoms with Crippen molar-refractivity contribution in [1.82, 2.24) is 10.2 Å². The maximum atomic E-state index is 13.9. The number of ether oxygens (including phenoxy) is 1. The summed E-state index contributed by atoms with van der Waals surface area (Å²) >= 11 is 1.71. The van der Waals surface area contributed by atoms with E-state index in [2.05, 4.69) is 21.7 Å². The van der Waals surface area contributed by atoms with Gasteiger partial charge in [-0.25, -0.2) is 4.39 Å². The Morgan fingerprint density at radius 2 is 1.97 bits per heavy atom. The summed E-state index contributed by atoms with van der Waals surface area (Å²) < 4.78 is 25.1. The van der Waals surface area contributed by atoms with Gasteiger partial charge in [0.1, 0.15) is 17.3 Å². The molecule has 1 aliphatic heterocycles. The molecule has 1 fully saturated rings. The van der Waals surface area contributed by atoms with Crippen LogP contribution < -0.4 is 5.32 Å². The molecule has 0 spiro atoms. The zero-order valence-electron chi connectivity index (χ0n) is 16.7. The van der Waals surface area contributed by atoms with Gasteiger partial charge in [0.15, 0.2) is 0 Å². The van der Waals surface area contributed by atoms with Crippen molar-refractivity contribution in [3.05, 3.63) is 70.4 Å². The van der Waals surface area contributed by atoms with E-state index in [4.69, 9.17) is 9.15 Å². The van der Waals surface area contributed by atoms with Gasteiger partial charge in [-0.3, -0.25) is 9.69 Å². The number of hydrogen-bond acceptors (Lipinski definition) is 5. The molecule has 0 bridgehead atoms. The lowest BCUT2D eigenvalue weighted by Gasteiger charge is -2.34. The van der Waals surface area contributed by atoms with Gasteiger partial charge < -0.3 is 14.5 Å². The van der Waals surface area contributed by atoms with Gasteiger partial charge in [-0.1, -0.05) is 18.2 Å². The van der Waals surface area contributed by atoms with E-state index in [1.807, 2.05) is 6.07 Å². The third-order valence-corrected chi connectivity index (χ3v) is 6.22. The van der Waals surface area contributed by atoms with Gasteiger partial charge in [-0.15, -0.1) is 11.3 Å². The summed E-state index contributed by atoms with van der Waals surface area (Å²) in [6, 6.07) is 14.4. The van der Waals surface area contributed by atoms with Gasteiger partial charge in [0, 0.05) is 37.4 Å². The van der Waals surface area contributed by atoms with E-state index in [0.29, 0.717) is 36.5 Å². The summed E-state index contributed by atoms with van der Waals surface area (Å²) in [5, 5.41) is 5.13. The molecule has 7 heteroatoms. The van der Waals surface area contributed by atoms with Crippen LogP contribution in [0.2, 0.25) is 0 Å². The van der Waals surface area contributed by atoms with E-state index in [1.54, 1.807) is 41.7 Å². The van der Waals surface area contributed by atoms with Gasteiger partial charge in [0.25, 0.3) is 0 Å². The second-order valence-corrected chi connectivity index (χ2v) is 8.21. The molecule has 1 N–H and O–H groups in total. The van der Waals surface area contributed by atoms with Crippen molar-refractivity contribution in [3.8, 4) is 11.3 Å². The molecule has 4 rings (SSSR count). The average Bonchev–Trinajstić information content (AvgIpc) is 3.46. The van der Waals surface area contributed by atoms with Crippen molar-refractivity contribution in [2.45, 2.75) is 18.9 Å². The van der Waals surface area contributed by atoms with Crippen LogP contribution in [0.15, 0.2) is 58.3 Å². The monoisotopic (exact) mass is 428 g/mol. The predicted octanol–water partition coefficient (Wildman–Crippen LogP) is 4.27. The molecule has 0 aliphatic carbocycles. The number of morpholine rings is 1. The first-order valence-electron chi connectivity index (χ1n) is 10.2. The fourth-order valence-corrected chi connectivity index (χ4v) is 4.49. The number of furan rings is 1. The van der Waals surface area contributed by atoms with E-state index in [-0.39, 0.29) is 17.8 Å². The second-order valence-electron chi connectivity index (χ2n) is 7.23. The van der Waals surface area contributed by atoms with Crippen molar-refractivity contribution in [2.75, 3.05) is 32.8 Å². The minimum absolute atomic E-state index is 0.0198. The Balaban J connectivity index is 1.30. The van der Waals surface area contributed by atoms with E-state index < -0.39 is 0 Å². The molecule has 1 atom stereocenters. The Hall–Kier alpha value is -2.48. The predicted molar refractivity (Wildman–Crippen MR) is 115 cm³/mol. The Kier molecular flexibility index (Phi) is 6.94. The zero-order chi connectivity index (χ0) is 20.8. The highest BCUT2D eigenvalue weighted by molar-refractivity contribution is 7.10. The van der Waals surface area contributed by atoms with Crippen molar-refractivity contribution in [3.63, 3.8) is 0 Å². The molecule has 1 saturated heterocycles. The van der Waals surface area contributed by atoms with Crippen LogP contribution in [-0.4, -0.2) is 43.7 Å². The Bertz CT molecular complexity index is 951. The van der Waals surface area contributed by atoms with Crippen molar-refractivity contribution < 1.29 is 18.3 Å². The topological polar surface area (TPSA) is 54.7 Å². The number of carbonyl (C=O) groups excluding carboxylic acids is 1. The van der Waals surface area contributed by atoms with Crippen LogP contribution in [-0.2, 0) is 16.0 Å². The molecule has 5 nitrogen and oxygen atoms in total. The lowest BCUT2D eigenvalue weighted by molar-refractivity contribution is -0.121. The smallest absolute Gasteiger partial charge is 0.220 e. The molecule has 1 aliphatic rings. The van der Waals surface area contributed by atoms with E-state index in [1.165, 1.54) is 10.9 Å². The minimum Gasteiger partial charge on any atom is -0.461 e. The first kappa shape index (κ1) is 20.8. The first-order chi connectivity index (χ1) is 14.7. The maximum Gasteiger partial charge on any atom is 0.220 e. The summed E-state index contributed by atoms with van der Waals surface area (Å²) in [7, 11) is 0. The largest absolute Gasteiger partial charge is 0.461 e. The Morgan fingerprint density at radius 1 is 1.13 bits per heavy atom. The highest BCUT2D eigenvalue weighted by Gasteiger charge is 2.24. The fourth-order valence-electron chi connectivity index (χ4n) is 3.63. The summed E-state index contributed by atoms with van der Waals surface area (Å²) in [5.74, 6) is 0.813. The second kappa shape index (κ2) is 10.0. The number of rotatable bonds is 8. The quantitative estimate of drug-likeness (QED) is 0.582. The molecule has 0 radical (unpaired) electrons. The summed E-state index contributed by atoms with van der Waals surface area (Å²) in [5.41, 5.74) is 0.428. The number of amides is 1. The molecule has 3 heterocycles. The zero-order valence-corrected chi connectivity index (χ0v) is 17.5. The molecule has 158 valence electrons. The number of aryl methyl sites for hydroxylation is 1. The Labute approximate surface area is 179 Å². The van der Waals surface area contributed by atoms with Crippen LogP contribution >= 0.6 is 11.3 Å². The Morgan fingerprint density at radius 3 is 2.73 bits per heavy atom. The van der Waals surface area contributed by atoms with Crippen LogP contribution in [0.1, 0.15) is 23.1 Å². The number of nitrogens with zero attached hydrogens (tertiary/aromatic N) is 1. The molecule has 0 unspecified atom stereocenters. The lowest BCUT2D eigenvalue weighted by Crippen LogP contribution is -2.43. The number of carbonyl (C=O) groups is 1. The number of halogens is 1. The highest BCUT2D eigenvalue weighted by atomic mass is 32.1. The number of nitrogens with one attached hydrogen (secondary N) is 1. The SMILES string of the molecule is O=C(CCc1ccc(-c2ccccc2F)o1)NC[C@H](c1cccs1)N1CCOCC1. The van der Waals surface area contributed by atoms with E-state index >= 15 is 0 Å². The summed E-state index contributed by atoms with van der Waals surface area (Å²) in [4.78, 5) is 16.1. The summed E-state index contributed by atoms with van der Waals surface area (Å²) in [6.45, 7) is 3.74. The van der Waals surface area contributed by atoms with Crippen LogP contribution in [0.3, 0.4) is 0 Å². The number of thiophene rings is 1. The van der Waals surface area contributed by atoms with Gasteiger partial charge in [-0.2, -0.15) is 0 Å². The first-order valence-corrected chi connectivity index (χ1v) is 11.0. The van der Waals surface area contributed by atoms with Gasteiger partial charge in [-0.05, 0) is 35.7 Å². The number of benzene rings is 1. The molecule has 2 aromatic heterocycles. The van der Waals surface area contributed by atoms with Gasteiger partial charge in [0.05, 0.1) is 24.8 Å². The third-order valence-electron chi connectivity index (χ3n) is 5.25. The molecular weight excluding hydrogens is 403 g/mol. The molecule has 0 saturated carbocycles. The highest BCUT2D eigenvalue weighted by Crippen LogP contribution is 2.26. The van der Waals surface area contributed by atoms with Crippen LogP contribution in [0, 0.1) is 5.82 Å². The average molecular weight is 429 g/mol. The van der Waals surface area contributed by atoms with Crippen molar-refractivity contribution in [2.24, 2.45) is 0 Å². The number of hydrogen-bond donors (Lipinski definition) is 1. The van der Waals surface area contributed by atoms with Crippen molar-refractivity contribution >= 4 is 17.2 Å². The molecule has 1 aromatic carbocycles. The van der Waals surface area contributed by atoms with E-state index in [9.17, 15) is 9.18 Å². The van der Waals surface area contributed by atoms with Crippen LogP contribution in [0.25, 0.3) is 11.3 Å². The molecule has 30 heavy (non-hydrogen) atoms. The van der Waals surface area contributed by atoms with Gasteiger partial charge >= 0.3 is 0 Å². The summed E-state index contributed by atoms with van der Waals surface area (Å²) in [6.07, 6.45) is 0.798. The minimum atomic E-state index is -0.320. The molecule has 3 aromatic rings. The molecule has 1 amide bonds. The third kappa shape index (κ3) is 5.16. The van der Waals surface area contributed by atoms with Gasteiger partial charge in [0.2, 0.25) is 5.91 Å². The maximum absolute atomic E-state index is 13.9. The molecular formula is C23H25FN2O3S. The van der Waals surface area contributed by atoms with Crippen molar-refractivity contribution in [1.29, 1.82) is 0 Å². The van der Waals surface area contributed by atoms with E-state index in [0.717, 1.165) is 26.3 Å². The van der Waals surface area contributed by atoms with Crippen LogP contribution in [0.4, 0.5) is 4.39 Å². The van der Waals surface area contributed by atoms with Crippen LogP contribution in [0.5, 0.6) is 0 Å². The lowest BCUT2D eigenvalue weighted by atomic mass is 10.1. The standard InChI is InChI=1S/C23H25FN2O3S/c24-19-5-2-1-4-18(19)21-9-7-17(29-21)8-10-23(27)25-16-20(22-6-3-15-30-22)26-11-13-28-14-12-26/h1-7,9,15,20H,8,10-14,16H2,(H,25,27)/t20-/m1/s1. The fraction of sp³-hybridized carbons (Fsp3) is 0.348.